The SMILES string of the molecule is O=C(OC[C@@H]1C=C[C@H](n2cc(F)c(=O)[nH]c2=O)O1)c1ccccc1. The Morgan fingerprint density at radius 1 is 1.25 bits per heavy atom. The molecule has 0 saturated carbocycles. The number of aromatic amines is 1. The second-order valence-electron chi connectivity index (χ2n) is 5.06. The Kier molecular flexibility index (Phi) is 4.39. The first-order valence-corrected chi connectivity index (χ1v) is 7.11. The van der Waals surface area contributed by atoms with Crippen LogP contribution >= 0.6 is 0 Å². The molecule has 0 amide bonds. The highest BCUT2D eigenvalue weighted by Crippen LogP contribution is 2.20. The molecule has 0 spiro atoms. The number of aromatic nitrogens is 2. The molecule has 2 aromatic rings. The van der Waals surface area contributed by atoms with E-state index in [-0.39, 0.29) is 6.61 Å². The van der Waals surface area contributed by atoms with E-state index in [0.29, 0.717) is 5.56 Å². The molecule has 0 aliphatic carbocycles. The second kappa shape index (κ2) is 6.63. The highest BCUT2D eigenvalue weighted by molar-refractivity contribution is 5.89. The summed E-state index contributed by atoms with van der Waals surface area (Å²) in [7, 11) is 0. The van der Waals surface area contributed by atoms with E-state index in [1.54, 1.807) is 36.4 Å². The quantitative estimate of drug-likeness (QED) is 0.666. The van der Waals surface area contributed by atoms with Crippen molar-refractivity contribution in [2.45, 2.75) is 12.3 Å². The average molecular weight is 332 g/mol. The van der Waals surface area contributed by atoms with E-state index in [1.807, 2.05) is 4.98 Å². The van der Waals surface area contributed by atoms with Crippen LogP contribution in [0.15, 0.2) is 58.3 Å². The number of benzene rings is 1. The van der Waals surface area contributed by atoms with Crippen LogP contribution in [0.5, 0.6) is 0 Å². The van der Waals surface area contributed by atoms with Crippen LogP contribution in [-0.4, -0.2) is 28.2 Å². The fourth-order valence-electron chi connectivity index (χ4n) is 2.21. The molecule has 2 atom stereocenters. The van der Waals surface area contributed by atoms with Gasteiger partial charge in [-0.2, -0.15) is 4.39 Å². The Morgan fingerprint density at radius 2 is 2.00 bits per heavy atom. The van der Waals surface area contributed by atoms with E-state index in [4.69, 9.17) is 9.47 Å². The van der Waals surface area contributed by atoms with Crippen molar-refractivity contribution in [3.63, 3.8) is 0 Å². The van der Waals surface area contributed by atoms with Gasteiger partial charge in [0.2, 0.25) is 5.82 Å². The van der Waals surface area contributed by atoms with E-state index < -0.39 is 35.4 Å². The molecule has 1 aliphatic rings. The summed E-state index contributed by atoms with van der Waals surface area (Å²) in [6.45, 7) is -0.0543. The van der Waals surface area contributed by atoms with E-state index in [2.05, 4.69) is 0 Å². The number of nitrogens with zero attached hydrogens (tertiary/aromatic N) is 1. The third-order valence-corrected chi connectivity index (χ3v) is 3.39. The summed E-state index contributed by atoms with van der Waals surface area (Å²) in [5.74, 6) is -1.59. The number of rotatable bonds is 4. The van der Waals surface area contributed by atoms with Gasteiger partial charge >= 0.3 is 11.7 Å². The molecule has 7 nitrogen and oxygen atoms in total. The zero-order chi connectivity index (χ0) is 17.1. The summed E-state index contributed by atoms with van der Waals surface area (Å²) in [5.41, 5.74) is -1.47. The number of carbonyl (C=O) groups is 1. The molecule has 1 N–H and O–H groups in total. The average Bonchev–Trinajstić information content (AvgIpc) is 3.05. The predicted octanol–water partition coefficient (Wildman–Crippen LogP) is 0.986. The van der Waals surface area contributed by atoms with Crippen LogP contribution in [0, 0.1) is 5.82 Å². The van der Waals surface area contributed by atoms with Gasteiger partial charge in [-0.15, -0.1) is 0 Å². The molecule has 1 aromatic heterocycles. The minimum Gasteiger partial charge on any atom is -0.459 e. The maximum absolute atomic E-state index is 13.3. The summed E-state index contributed by atoms with van der Waals surface area (Å²) in [4.78, 5) is 36.4. The van der Waals surface area contributed by atoms with E-state index in [0.717, 1.165) is 10.8 Å². The maximum Gasteiger partial charge on any atom is 0.338 e. The van der Waals surface area contributed by atoms with Gasteiger partial charge in [0.1, 0.15) is 12.7 Å². The lowest BCUT2D eigenvalue weighted by Crippen LogP contribution is -2.34. The molecule has 0 fully saturated rings. The van der Waals surface area contributed by atoms with Gasteiger partial charge in [0.25, 0.3) is 5.56 Å². The zero-order valence-electron chi connectivity index (χ0n) is 12.3. The van der Waals surface area contributed by atoms with Crippen molar-refractivity contribution < 1.29 is 18.7 Å². The van der Waals surface area contributed by atoms with Crippen LogP contribution in [0.3, 0.4) is 0 Å². The van der Waals surface area contributed by atoms with Gasteiger partial charge in [0, 0.05) is 0 Å². The minimum absolute atomic E-state index is 0.0543. The van der Waals surface area contributed by atoms with Crippen LogP contribution < -0.4 is 11.2 Å². The molecule has 124 valence electrons. The lowest BCUT2D eigenvalue weighted by Gasteiger charge is -2.16. The molecule has 1 aliphatic heterocycles. The monoisotopic (exact) mass is 332 g/mol. The van der Waals surface area contributed by atoms with Gasteiger partial charge < -0.3 is 9.47 Å². The molecule has 2 heterocycles. The Hall–Kier alpha value is -3.00. The summed E-state index contributed by atoms with van der Waals surface area (Å²) >= 11 is 0. The molecule has 1 aromatic carbocycles. The predicted molar refractivity (Wildman–Crippen MR) is 81.1 cm³/mol. The van der Waals surface area contributed by atoms with Crippen molar-refractivity contribution in [3.8, 4) is 0 Å². The Morgan fingerprint density at radius 3 is 2.75 bits per heavy atom. The number of halogens is 1. The van der Waals surface area contributed by atoms with Crippen LogP contribution in [-0.2, 0) is 9.47 Å². The molecule has 0 radical (unpaired) electrons. The van der Waals surface area contributed by atoms with Crippen LogP contribution in [0.1, 0.15) is 16.6 Å². The first kappa shape index (κ1) is 15.9. The topological polar surface area (TPSA) is 90.4 Å². The molecule has 0 unspecified atom stereocenters. The van der Waals surface area contributed by atoms with Crippen molar-refractivity contribution in [2.75, 3.05) is 6.61 Å². The lowest BCUT2D eigenvalue weighted by molar-refractivity contribution is -0.0226. The van der Waals surface area contributed by atoms with Crippen LogP contribution in [0.2, 0.25) is 0 Å². The number of hydrogen-bond donors (Lipinski definition) is 1. The normalized spacial score (nSPS) is 19.4. The summed E-state index contributed by atoms with van der Waals surface area (Å²) in [5, 5.41) is 0. The fourth-order valence-corrected chi connectivity index (χ4v) is 2.21. The molecule has 24 heavy (non-hydrogen) atoms. The lowest BCUT2D eigenvalue weighted by atomic mass is 10.2. The van der Waals surface area contributed by atoms with E-state index >= 15 is 0 Å². The molecule has 8 heteroatoms. The van der Waals surface area contributed by atoms with Crippen LogP contribution in [0.4, 0.5) is 4.39 Å². The maximum atomic E-state index is 13.3. The fraction of sp³-hybridized carbons (Fsp3) is 0.188. The summed E-state index contributed by atoms with van der Waals surface area (Å²) in [6, 6.07) is 8.47. The Bertz CT molecular complexity index is 887. The molecule has 0 saturated heterocycles. The van der Waals surface area contributed by atoms with Gasteiger partial charge in [-0.25, -0.2) is 9.59 Å². The van der Waals surface area contributed by atoms with Crippen molar-refractivity contribution >= 4 is 5.97 Å². The number of carbonyl (C=O) groups excluding carboxylic acids is 1. The molecule has 3 rings (SSSR count). The second-order valence-corrected chi connectivity index (χ2v) is 5.06. The minimum atomic E-state index is -1.09. The van der Waals surface area contributed by atoms with Crippen molar-refractivity contribution in [1.29, 1.82) is 0 Å². The third kappa shape index (κ3) is 3.33. The van der Waals surface area contributed by atoms with Crippen molar-refractivity contribution in [2.24, 2.45) is 0 Å². The first-order valence-electron chi connectivity index (χ1n) is 7.11. The highest BCUT2D eigenvalue weighted by atomic mass is 19.1. The van der Waals surface area contributed by atoms with Crippen LogP contribution in [0.25, 0.3) is 0 Å². The van der Waals surface area contributed by atoms with Gasteiger partial charge in [0.05, 0.1) is 11.8 Å². The number of hydrogen-bond acceptors (Lipinski definition) is 5. The van der Waals surface area contributed by atoms with Gasteiger partial charge in [-0.3, -0.25) is 14.3 Å². The first-order chi connectivity index (χ1) is 11.5. The number of ether oxygens (including phenoxy) is 2. The molecule has 0 bridgehead atoms. The van der Waals surface area contributed by atoms with Crippen molar-refractivity contribution in [1.82, 2.24) is 9.55 Å². The largest absolute Gasteiger partial charge is 0.459 e. The Balaban J connectivity index is 1.62. The molecular weight excluding hydrogens is 319 g/mol. The number of esters is 1. The van der Waals surface area contributed by atoms with E-state index in [9.17, 15) is 18.8 Å². The smallest absolute Gasteiger partial charge is 0.338 e. The number of H-pyrrole nitrogens is 1. The van der Waals surface area contributed by atoms with Gasteiger partial charge in [0.15, 0.2) is 6.23 Å². The third-order valence-electron chi connectivity index (χ3n) is 3.39. The summed E-state index contributed by atoms with van der Waals surface area (Å²) in [6.07, 6.45) is 2.42. The summed E-state index contributed by atoms with van der Waals surface area (Å²) < 4.78 is 24.8. The van der Waals surface area contributed by atoms with Gasteiger partial charge in [-0.05, 0) is 18.2 Å². The Labute approximate surface area is 135 Å². The zero-order valence-corrected chi connectivity index (χ0v) is 12.3. The van der Waals surface area contributed by atoms with Gasteiger partial charge in [-0.1, -0.05) is 24.3 Å². The number of nitrogens with one attached hydrogen (secondary N) is 1. The standard InChI is InChI=1S/C16H13FN2O5/c17-12-8-19(16(22)18-14(12)20)13-7-6-11(24-13)9-23-15(21)10-4-2-1-3-5-10/h1-8,11,13H,9H2,(H,18,20,22)/t11-,13+/m0/s1. The highest BCUT2D eigenvalue weighted by Gasteiger charge is 2.23. The molecular formula is C16H13FN2O5. The van der Waals surface area contributed by atoms with E-state index in [1.165, 1.54) is 6.08 Å². The van der Waals surface area contributed by atoms with Crippen molar-refractivity contribution in [3.05, 3.63) is 80.9 Å².